The van der Waals surface area contributed by atoms with Crippen molar-refractivity contribution in [2.24, 2.45) is 12.8 Å². The summed E-state index contributed by atoms with van der Waals surface area (Å²) in [6, 6.07) is 6.12. The van der Waals surface area contributed by atoms with E-state index in [9.17, 15) is 0 Å². The third kappa shape index (κ3) is 2.11. The quantitative estimate of drug-likeness (QED) is 0.862. The van der Waals surface area contributed by atoms with Gasteiger partial charge in [-0.3, -0.25) is 4.68 Å². The minimum absolute atomic E-state index is 0.0866. The molecule has 0 fully saturated rings. The molecule has 0 aromatic carbocycles. The second-order valence-electron chi connectivity index (χ2n) is 3.55. The Balaban J connectivity index is 2.23. The lowest BCUT2D eigenvalue weighted by Crippen LogP contribution is -2.11. The third-order valence-corrected chi connectivity index (χ3v) is 3.70. The standard InChI is InChI=1S/C11H15N3S/c1-3-8-4-5-10(15-8)11(12)9-6-7-14(2)13-9/h4-7,11H,3,12H2,1-2H3. The van der Waals surface area contributed by atoms with E-state index in [1.54, 1.807) is 16.0 Å². The van der Waals surface area contributed by atoms with Gasteiger partial charge >= 0.3 is 0 Å². The highest BCUT2D eigenvalue weighted by Crippen LogP contribution is 2.25. The SMILES string of the molecule is CCc1ccc(C(N)c2ccn(C)n2)s1. The van der Waals surface area contributed by atoms with E-state index in [0.29, 0.717) is 0 Å². The highest BCUT2D eigenvalue weighted by molar-refractivity contribution is 7.12. The van der Waals surface area contributed by atoms with Gasteiger partial charge in [-0.25, -0.2) is 0 Å². The summed E-state index contributed by atoms with van der Waals surface area (Å²) in [7, 11) is 1.90. The van der Waals surface area contributed by atoms with E-state index in [1.165, 1.54) is 9.75 Å². The van der Waals surface area contributed by atoms with Crippen molar-refractivity contribution in [1.29, 1.82) is 0 Å². The van der Waals surface area contributed by atoms with Crippen LogP contribution >= 0.6 is 11.3 Å². The summed E-state index contributed by atoms with van der Waals surface area (Å²) in [5, 5.41) is 4.32. The second-order valence-corrected chi connectivity index (χ2v) is 4.75. The van der Waals surface area contributed by atoms with E-state index in [-0.39, 0.29) is 6.04 Å². The molecule has 4 heteroatoms. The molecule has 0 aliphatic rings. The van der Waals surface area contributed by atoms with Crippen molar-refractivity contribution < 1.29 is 0 Å². The summed E-state index contributed by atoms with van der Waals surface area (Å²) >= 11 is 1.77. The Kier molecular flexibility index (Phi) is 2.88. The number of hydrogen-bond acceptors (Lipinski definition) is 3. The van der Waals surface area contributed by atoms with Crippen LogP contribution in [0.15, 0.2) is 24.4 Å². The summed E-state index contributed by atoms with van der Waals surface area (Å²) in [5.41, 5.74) is 7.06. The number of hydrogen-bond donors (Lipinski definition) is 1. The van der Waals surface area contributed by atoms with Crippen LogP contribution in [-0.4, -0.2) is 9.78 Å². The zero-order valence-electron chi connectivity index (χ0n) is 8.97. The van der Waals surface area contributed by atoms with Crippen LogP contribution < -0.4 is 5.73 Å². The van der Waals surface area contributed by atoms with Gasteiger partial charge in [0.1, 0.15) is 0 Å². The second kappa shape index (κ2) is 4.16. The first-order valence-electron chi connectivity index (χ1n) is 5.04. The summed E-state index contributed by atoms with van der Waals surface area (Å²) in [4.78, 5) is 2.56. The predicted octanol–water partition coefficient (Wildman–Crippen LogP) is 2.09. The van der Waals surface area contributed by atoms with E-state index in [0.717, 1.165) is 12.1 Å². The number of thiophene rings is 1. The first-order valence-corrected chi connectivity index (χ1v) is 5.86. The molecule has 3 nitrogen and oxygen atoms in total. The Morgan fingerprint density at radius 1 is 1.47 bits per heavy atom. The first-order chi connectivity index (χ1) is 7.20. The van der Waals surface area contributed by atoms with Gasteiger partial charge in [0.2, 0.25) is 0 Å². The third-order valence-electron chi connectivity index (χ3n) is 2.39. The number of nitrogens with two attached hydrogens (primary N) is 1. The minimum Gasteiger partial charge on any atom is -0.318 e. The monoisotopic (exact) mass is 221 g/mol. The van der Waals surface area contributed by atoms with Crippen molar-refractivity contribution >= 4 is 11.3 Å². The Bertz CT molecular complexity index is 444. The molecule has 0 aliphatic carbocycles. The van der Waals surface area contributed by atoms with Gasteiger partial charge < -0.3 is 5.73 Å². The fourth-order valence-electron chi connectivity index (χ4n) is 1.50. The Hall–Kier alpha value is -1.13. The minimum atomic E-state index is -0.0866. The van der Waals surface area contributed by atoms with Gasteiger partial charge in [-0.05, 0) is 24.6 Å². The van der Waals surface area contributed by atoms with E-state index in [2.05, 4.69) is 24.2 Å². The van der Waals surface area contributed by atoms with Crippen molar-refractivity contribution in [2.45, 2.75) is 19.4 Å². The Morgan fingerprint density at radius 2 is 2.27 bits per heavy atom. The fraction of sp³-hybridized carbons (Fsp3) is 0.364. The van der Waals surface area contributed by atoms with E-state index < -0.39 is 0 Å². The maximum absolute atomic E-state index is 6.13. The maximum Gasteiger partial charge on any atom is 0.0845 e. The summed E-state index contributed by atoms with van der Waals surface area (Å²) in [5.74, 6) is 0. The highest BCUT2D eigenvalue weighted by atomic mass is 32.1. The van der Waals surface area contributed by atoms with Crippen molar-refractivity contribution in [1.82, 2.24) is 9.78 Å². The van der Waals surface area contributed by atoms with Gasteiger partial charge in [-0.1, -0.05) is 6.92 Å². The Labute approximate surface area is 93.5 Å². The van der Waals surface area contributed by atoms with Gasteiger partial charge in [0.05, 0.1) is 11.7 Å². The van der Waals surface area contributed by atoms with Gasteiger partial charge in [0.25, 0.3) is 0 Å². The van der Waals surface area contributed by atoms with Crippen LogP contribution in [-0.2, 0) is 13.5 Å². The van der Waals surface area contributed by atoms with Crippen molar-refractivity contribution in [3.05, 3.63) is 39.8 Å². The van der Waals surface area contributed by atoms with Gasteiger partial charge in [-0.15, -0.1) is 11.3 Å². The molecule has 2 N–H and O–H groups in total. The van der Waals surface area contributed by atoms with Gasteiger partial charge in [-0.2, -0.15) is 5.10 Å². The molecule has 0 aliphatic heterocycles. The molecule has 1 atom stereocenters. The number of aryl methyl sites for hydroxylation is 2. The van der Waals surface area contributed by atoms with Crippen LogP contribution in [0.2, 0.25) is 0 Å². The largest absolute Gasteiger partial charge is 0.318 e. The van der Waals surface area contributed by atoms with Crippen LogP contribution in [0.1, 0.15) is 28.4 Å². The number of nitrogens with zero attached hydrogens (tertiary/aromatic N) is 2. The van der Waals surface area contributed by atoms with Crippen LogP contribution in [0.25, 0.3) is 0 Å². The predicted molar refractivity (Wildman–Crippen MR) is 62.9 cm³/mol. The van der Waals surface area contributed by atoms with Gasteiger partial charge in [0, 0.05) is 23.0 Å². The van der Waals surface area contributed by atoms with Crippen LogP contribution in [0.5, 0.6) is 0 Å². The zero-order valence-corrected chi connectivity index (χ0v) is 9.79. The van der Waals surface area contributed by atoms with Crippen LogP contribution in [0.3, 0.4) is 0 Å². The Morgan fingerprint density at radius 3 is 2.80 bits per heavy atom. The molecule has 1 unspecified atom stereocenters. The molecule has 2 rings (SSSR count). The topological polar surface area (TPSA) is 43.8 Å². The van der Waals surface area contributed by atoms with E-state index in [4.69, 9.17) is 5.73 Å². The molecule has 0 saturated heterocycles. The average molecular weight is 221 g/mol. The maximum atomic E-state index is 6.13. The molecule has 0 radical (unpaired) electrons. The molecule has 80 valence electrons. The number of rotatable bonds is 3. The average Bonchev–Trinajstić information content (AvgIpc) is 2.84. The van der Waals surface area contributed by atoms with E-state index >= 15 is 0 Å². The van der Waals surface area contributed by atoms with Crippen molar-refractivity contribution in [3.63, 3.8) is 0 Å². The lowest BCUT2D eigenvalue weighted by atomic mass is 10.2. The zero-order chi connectivity index (χ0) is 10.8. The molecule has 0 bridgehead atoms. The van der Waals surface area contributed by atoms with Crippen LogP contribution in [0, 0.1) is 0 Å². The molecular formula is C11H15N3S. The first kappa shape index (κ1) is 10.4. The molecular weight excluding hydrogens is 206 g/mol. The number of aromatic nitrogens is 2. The molecule has 0 spiro atoms. The van der Waals surface area contributed by atoms with Crippen molar-refractivity contribution in [3.8, 4) is 0 Å². The lowest BCUT2D eigenvalue weighted by molar-refractivity contribution is 0.720. The molecule has 2 heterocycles. The van der Waals surface area contributed by atoms with Crippen LogP contribution in [0.4, 0.5) is 0 Å². The summed E-state index contributed by atoms with van der Waals surface area (Å²) in [6.45, 7) is 2.15. The molecule has 2 aromatic heterocycles. The smallest absolute Gasteiger partial charge is 0.0845 e. The lowest BCUT2D eigenvalue weighted by Gasteiger charge is -2.05. The highest BCUT2D eigenvalue weighted by Gasteiger charge is 2.13. The summed E-state index contributed by atoms with van der Waals surface area (Å²) < 4.78 is 1.78. The molecule has 15 heavy (non-hydrogen) atoms. The van der Waals surface area contributed by atoms with Crippen molar-refractivity contribution in [2.75, 3.05) is 0 Å². The fourth-order valence-corrected chi connectivity index (χ4v) is 2.46. The summed E-state index contributed by atoms with van der Waals surface area (Å²) in [6.07, 6.45) is 2.99. The molecule has 2 aromatic rings. The van der Waals surface area contributed by atoms with Gasteiger partial charge in [0.15, 0.2) is 0 Å². The van der Waals surface area contributed by atoms with E-state index in [1.807, 2.05) is 19.3 Å². The normalized spacial score (nSPS) is 13.0. The molecule has 0 amide bonds. The molecule has 0 saturated carbocycles.